The van der Waals surface area contributed by atoms with Crippen molar-refractivity contribution in [2.45, 2.75) is 6.23 Å². The highest BCUT2D eigenvalue weighted by Gasteiger charge is 2.16. The third-order valence-electron chi connectivity index (χ3n) is 2.44. The fraction of sp³-hybridized carbons (Fsp3) is 0.0769. The standard InChI is InChI=1S/C13H10N2O2.BrH/c1-2-5-10(6-3-1)13-15-14-11(9-17-13)12-7-4-8-16-12;/h1-9,13H;1H. The molecule has 1 unspecified atom stereocenters. The van der Waals surface area contributed by atoms with Crippen molar-refractivity contribution >= 4 is 22.7 Å². The first-order valence-electron chi connectivity index (χ1n) is 5.29. The van der Waals surface area contributed by atoms with Gasteiger partial charge in [0.25, 0.3) is 0 Å². The van der Waals surface area contributed by atoms with Crippen LogP contribution in [0.1, 0.15) is 17.6 Å². The predicted molar refractivity (Wildman–Crippen MR) is 72.1 cm³/mol. The predicted octanol–water partition coefficient (Wildman–Crippen LogP) is 4.34. The summed E-state index contributed by atoms with van der Waals surface area (Å²) in [7, 11) is 0. The van der Waals surface area contributed by atoms with E-state index in [0.717, 1.165) is 5.56 Å². The summed E-state index contributed by atoms with van der Waals surface area (Å²) >= 11 is 0. The number of rotatable bonds is 2. The van der Waals surface area contributed by atoms with Crippen LogP contribution in [0.3, 0.4) is 0 Å². The fourth-order valence-corrected chi connectivity index (χ4v) is 1.59. The van der Waals surface area contributed by atoms with Crippen LogP contribution in [0.4, 0.5) is 0 Å². The molecule has 0 spiro atoms. The van der Waals surface area contributed by atoms with Gasteiger partial charge in [0, 0.05) is 5.56 Å². The summed E-state index contributed by atoms with van der Waals surface area (Å²) in [5, 5.41) is 8.21. The van der Waals surface area contributed by atoms with Crippen LogP contribution in [0.25, 0.3) is 5.70 Å². The van der Waals surface area contributed by atoms with Crippen molar-refractivity contribution in [3.05, 3.63) is 66.3 Å². The van der Waals surface area contributed by atoms with Crippen LogP contribution >= 0.6 is 17.0 Å². The molecule has 5 heteroatoms. The maximum Gasteiger partial charge on any atom is 0.234 e. The number of halogens is 1. The van der Waals surface area contributed by atoms with Gasteiger partial charge < -0.3 is 9.15 Å². The number of furan rings is 1. The molecular weight excluding hydrogens is 296 g/mol. The monoisotopic (exact) mass is 306 g/mol. The molecule has 0 radical (unpaired) electrons. The lowest BCUT2D eigenvalue weighted by Gasteiger charge is -2.15. The van der Waals surface area contributed by atoms with Gasteiger partial charge in [-0.2, -0.15) is 0 Å². The van der Waals surface area contributed by atoms with Gasteiger partial charge in [-0.3, -0.25) is 0 Å². The van der Waals surface area contributed by atoms with Crippen LogP contribution in [0.5, 0.6) is 0 Å². The van der Waals surface area contributed by atoms with Crippen molar-refractivity contribution in [1.82, 2.24) is 0 Å². The number of hydrogen-bond acceptors (Lipinski definition) is 4. The van der Waals surface area contributed by atoms with Crippen LogP contribution in [0.2, 0.25) is 0 Å². The molecule has 0 amide bonds. The number of hydrogen-bond donors (Lipinski definition) is 0. The second kappa shape index (κ2) is 5.64. The van der Waals surface area contributed by atoms with Crippen LogP contribution in [-0.4, -0.2) is 0 Å². The second-order valence-corrected chi connectivity index (χ2v) is 3.59. The Morgan fingerprint density at radius 2 is 1.83 bits per heavy atom. The summed E-state index contributed by atoms with van der Waals surface area (Å²) in [4.78, 5) is 0. The van der Waals surface area contributed by atoms with Crippen molar-refractivity contribution in [2.75, 3.05) is 0 Å². The fourth-order valence-electron chi connectivity index (χ4n) is 1.59. The summed E-state index contributed by atoms with van der Waals surface area (Å²) in [6, 6.07) is 13.4. The zero-order chi connectivity index (χ0) is 11.5. The lowest BCUT2D eigenvalue weighted by molar-refractivity contribution is 0.141. The van der Waals surface area contributed by atoms with Gasteiger partial charge in [0.05, 0.1) is 6.26 Å². The summed E-state index contributed by atoms with van der Waals surface area (Å²) in [5.41, 5.74) is 1.58. The van der Waals surface area contributed by atoms with E-state index in [4.69, 9.17) is 9.15 Å². The molecule has 0 aliphatic carbocycles. The lowest BCUT2D eigenvalue weighted by Crippen LogP contribution is -2.00. The first-order chi connectivity index (χ1) is 8.43. The van der Waals surface area contributed by atoms with Gasteiger partial charge >= 0.3 is 0 Å². The van der Waals surface area contributed by atoms with Crippen molar-refractivity contribution in [1.29, 1.82) is 0 Å². The van der Waals surface area contributed by atoms with Crippen LogP contribution < -0.4 is 0 Å². The van der Waals surface area contributed by atoms with E-state index in [1.165, 1.54) is 0 Å². The first-order valence-corrected chi connectivity index (χ1v) is 5.29. The maximum atomic E-state index is 5.52. The van der Waals surface area contributed by atoms with E-state index in [1.807, 2.05) is 36.4 Å². The van der Waals surface area contributed by atoms with Gasteiger partial charge in [-0.15, -0.1) is 27.2 Å². The normalized spacial score (nSPS) is 17.6. The molecule has 1 atom stereocenters. The van der Waals surface area contributed by atoms with Gasteiger partial charge in [0.2, 0.25) is 6.23 Å². The minimum atomic E-state index is -0.366. The van der Waals surface area contributed by atoms with E-state index in [0.29, 0.717) is 11.5 Å². The molecule has 1 aromatic heterocycles. The highest BCUT2D eigenvalue weighted by Crippen LogP contribution is 2.28. The maximum absolute atomic E-state index is 5.52. The lowest BCUT2D eigenvalue weighted by atomic mass is 10.2. The minimum absolute atomic E-state index is 0. The Balaban J connectivity index is 0.00000120. The zero-order valence-electron chi connectivity index (χ0n) is 9.39. The first kappa shape index (κ1) is 12.6. The van der Waals surface area contributed by atoms with Crippen molar-refractivity contribution in [3.63, 3.8) is 0 Å². The summed E-state index contributed by atoms with van der Waals surface area (Å²) < 4.78 is 10.7. The van der Waals surface area contributed by atoms with Crippen molar-refractivity contribution in [3.8, 4) is 0 Å². The van der Waals surface area contributed by atoms with E-state index in [-0.39, 0.29) is 23.2 Å². The second-order valence-electron chi connectivity index (χ2n) is 3.59. The van der Waals surface area contributed by atoms with E-state index >= 15 is 0 Å². The average Bonchev–Trinajstić information content (AvgIpc) is 2.94. The molecule has 2 heterocycles. The third-order valence-corrected chi connectivity index (χ3v) is 2.44. The number of azo groups is 1. The molecule has 1 aromatic carbocycles. The Hall–Kier alpha value is -1.88. The molecule has 18 heavy (non-hydrogen) atoms. The molecule has 92 valence electrons. The smallest absolute Gasteiger partial charge is 0.234 e. The minimum Gasteiger partial charge on any atom is -0.468 e. The highest BCUT2D eigenvalue weighted by molar-refractivity contribution is 8.93. The Morgan fingerprint density at radius 3 is 2.44 bits per heavy atom. The van der Waals surface area contributed by atoms with Gasteiger partial charge in [0.15, 0.2) is 11.5 Å². The molecule has 4 nitrogen and oxygen atoms in total. The number of benzene rings is 1. The van der Waals surface area contributed by atoms with E-state index in [1.54, 1.807) is 18.6 Å². The van der Waals surface area contributed by atoms with Crippen LogP contribution in [0, 0.1) is 0 Å². The average molecular weight is 307 g/mol. The van der Waals surface area contributed by atoms with E-state index in [2.05, 4.69) is 10.2 Å². The molecule has 0 fully saturated rings. The van der Waals surface area contributed by atoms with Crippen LogP contribution in [-0.2, 0) is 4.74 Å². The molecule has 1 aliphatic rings. The largest absolute Gasteiger partial charge is 0.468 e. The molecule has 0 bridgehead atoms. The third kappa shape index (κ3) is 2.51. The highest BCUT2D eigenvalue weighted by atomic mass is 79.9. The van der Waals surface area contributed by atoms with Crippen molar-refractivity contribution in [2.24, 2.45) is 10.2 Å². The Labute approximate surface area is 115 Å². The molecular formula is C13H11BrN2O2. The SMILES string of the molecule is Br.C1=C(c2ccco2)N=NC(c2ccccc2)O1. The topological polar surface area (TPSA) is 47.1 Å². The molecule has 1 aliphatic heterocycles. The van der Waals surface area contributed by atoms with Gasteiger partial charge in [0.1, 0.15) is 6.26 Å². The summed E-state index contributed by atoms with van der Waals surface area (Å²) in [5.74, 6) is 0.653. The van der Waals surface area contributed by atoms with Gasteiger partial charge in [-0.05, 0) is 12.1 Å². The summed E-state index contributed by atoms with van der Waals surface area (Å²) in [6.45, 7) is 0. The molecule has 2 aromatic rings. The van der Waals surface area contributed by atoms with Crippen molar-refractivity contribution < 1.29 is 9.15 Å². The molecule has 0 saturated heterocycles. The van der Waals surface area contributed by atoms with E-state index in [9.17, 15) is 0 Å². The molecule has 0 saturated carbocycles. The van der Waals surface area contributed by atoms with Gasteiger partial charge in [-0.25, -0.2) is 0 Å². The van der Waals surface area contributed by atoms with Gasteiger partial charge in [-0.1, -0.05) is 30.3 Å². The zero-order valence-corrected chi connectivity index (χ0v) is 11.1. The Morgan fingerprint density at radius 1 is 1.00 bits per heavy atom. The number of ether oxygens (including phenoxy) is 1. The quantitative estimate of drug-likeness (QED) is 0.828. The summed E-state index contributed by atoms with van der Waals surface area (Å²) in [6.07, 6.45) is 2.80. The Kier molecular flexibility index (Phi) is 3.94. The van der Waals surface area contributed by atoms with E-state index < -0.39 is 0 Å². The molecule has 0 N–H and O–H groups in total. The Bertz CT molecular complexity index is 550. The number of nitrogens with zero attached hydrogens (tertiary/aromatic N) is 2. The van der Waals surface area contributed by atoms with Crippen LogP contribution in [0.15, 0.2) is 69.6 Å². The molecule has 3 rings (SSSR count).